The smallest absolute Gasteiger partial charge is 0.375 e. The molecular weight excluding hydrogens is 192 g/mol. The molecule has 1 saturated carbocycles. The van der Waals surface area contributed by atoms with Gasteiger partial charge in [-0.2, -0.15) is 8.78 Å². The van der Waals surface area contributed by atoms with Gasteiger partial charge in [0.05, 0.1) is 6.54 Å². The Morgan fingerprint density at radius 3 is 2.64 bits per heavy atom. The topological polar surface area (TPSA) is 49.3 Å². The maximum Gasteiger partial charge on any atom is 0.375 e. The van der Waals surface area contributed by atoms with Gasteiger partial charge in [-0.15, -0.1) is 0 Å². The number of nitrogens with one attached hydrogen (secondary N) is 1. The van der Waals surface area contributed by atoms with Crippen LogP contribution in [0.25, 0.3) is 0 Å². The first-order chi connectivity index (χ1) is 6.43. The van der Waals surface area contributed by atoms with Gasteiger partial charge in [0, 0.05) is 0 Å². The van der Waals surface area contributed by atoms with E-state index >= 15 is 0 Å². The average Bonchev–Trinajstić information content (AvgIpc) is 2.85. The molecule has 1 rings (SSSR count). The Labute approximate surface area is 81.5 Å². The van der Waals surface area contributed by atoms with E-state index in [2.05, 4.69) is 5.32 Å². The molecule has 1 aliphatic carbocycles. The Balaban J connectivity index is 2.16. The lowest BCUT2D eigenvalue weighted by Crippen LogP contribution is -2.41. The number of aliphatic carboxylic acids is 1. The number of carboxylic acid groups (broad SMARTS) is 1. The molecule has 82 valence electrons. The quantitative estimate of drug-likeness (QED) is 0.691. The predicted octanol–water partition coefficient (Wildman–Crippen LogP) is 1.34. The molecule has 0 heterocycles. The van der Waals surface area contributed by atoms with Gasteiger partial charge in [-0.3, -0.25) is 0 Å². The number of rotatable bonds is 6. The van der Waals surface area contributed by atoms with Gasteiger partial charge in [0.25, 0.3) is 0 Å². The highest BCUT2D eigenvalue weighted by Gasteiger charge is 2.38. The summed E-state index contributed by atoms with van der Waals surface area (Å²) in [6, 6.07) is 0. The van der Waals surface area contributed by atoms with E-state index in [1.165, 1.54) is 0 Å². The van der Waals surface area contributed by atoms with Gasteiger partial charge in [-0.05, 0) is 31.2 Å². The predicted molar refractivity (Wildman–Crippen MR) is 47.3 cm³/mol. The molecule has 0 radical (unpaired) electrons. The van der Waals surface area contributed by atoms with Crippen molar-refractivity contribution in [2.24, 2.45) is 11.8 Å². The summed E-state index contributed by atoms with van der Waals surface area (Å²) < 4.78 is 25.1. The summed E-state index contributed by atoms with van der Waals surface area (Å²) >= 11 is 0. The van der Waals surface area contributed by atoms with Crippen LogP contribution in [0, 0.1) is 11.8 Å². The average molecular weight is 207 g/mol. The number of carbonyl (C=O) groups is 1. The highest BCUT2D eigenvalue weighted by atomic mass is 19.3. The Hall–Kier alpha value is -0.710. The van der Waals surface area contributed by atoms with Crippen LogP contribution in [-0.2, 0) is 4.79 Å². The minimum atomic E-state index is -3.65. The SMILES string of the molecule is CC(CNCC(F)(F)C(=O)O)C1CC1. The Morgan fingerprint density at radius 1 is 1.64 bits per heavy atom. The minimum Gasteiger partial charge on any atom is -0.477 e. The maximum absolute atomic E-state index is 12.6. The Kier molecular flexibility index (Phi) is 3.42. The van der Waals surface area contributed by atoms with E-state index < -0.39 is 18.4 Å². The standard InChI is InChI=1S/C9H15F2NO2/c1-6(7-2-3-7)4-12-5-9(10,11)8(13)14/h6-7,12H,2-5H2,1H3,(H,13,14). The molecule has 0 saturated heterocycles. The third-order valence-electron chi connectivity index (χ3n) is 2.55. The molecule has 2 N–H and O–H groups in total. The van der Waals surface area contributed by atoms with Crippen LogP contribution in [0.1, 0.15) is 19.8 Å². The molecular formula is C9H15F2NO2. The lowest BCUT2D eigenvalue weighted by molar-refractivity contribution is -0.164. The summed E-state index contributed by atoms with van der Waals surface area (Å²) in [7, 11) is 0. The van der Waals surface area contributed by atoms with Crippen molar-refractivity contribution in [3.63, 3.8) is 0 Å². The van der Waals surface area contributed by atoms with E-state index in [0.717, 1.165) is 12.8 Å². The van der Waals surface area contributed by atoms with Gasteiger partial charge in [0.1, 0.15) is 0 Å². The van der Waals surface area contributed by atoms with E-state index in [1.807, 2.05) is 6.92 Å². The van der Waals surface area contributed by atoms with Gasteiger partial charge in [-0.1, -0.05) is 6.92 Å². The highest BCUT2D eigenvalue weighted by molar-refractivity contribution is 5.75. The van der Waals surface area contributed by atoms with Crippen LogP contribution in [0.5, 0.6) is 0 Å². The lowest BCUT2D eigenvalue weighted by Gasteiger charge is -2.15. The normalized spacial score (nSPS) is 19.4. The third-order valence-corrected chi connectivity index (χ3v) is 2.55. The van der Waals surface area contributed by atoms with E-state index in [9.17, 15) is 13.6 Å². The minimum absolute atomic E-state index is 0.361. The molecule has 0 aromatic rings. The summed E-state index contributed by atoms with van der Waals surface area (Å²) in [4.78, 5) is 10.1. The molecule has 1 atom stereocenters. The van der Waals surface area contributed by atoms with Crippen molar-refractivity contribution < 1.29 is 18.7 Å². The highest BCUT2D eigenvalue weighted by Crippen LogP contribution is 2.36. The molecule has 0 aromatic carbocycles. The van der Waals surface area contributed by atoms with Crippen LogP contribution in [-0.4, -0.2) is 30.1 Å². The van der Waals surface area contributed by atoms with E-state index in [-0.39, 0.29) is 0 Å². The van der Waals surface area contributed by atoms with Crippen molar-refractivity contribution in [1.82, 2.24) is 5.32 Å². The van der Waals surface area contributed by atoms with Gasteiger partial charge >= 0.3 is 11.9 Å². The molecule has 1 fully saturated rings. The number of alkyl halides is 2. The number of hydrogen-bond acceptors (Lipinski definition) is 2. The maximum atomic E-state index is 12.6. The van der Waals surface area contributed by atoms with E-state index in [1.54, 1.807) is 0 Å². The first-order valence-corrected chi connectivity index (χ1v) is 4.75. The van der Waals surface area contributed by atoms with Crippen LogP contribution in [0.4, 0.5) is 8.78 Å². The number of halogens is 2. The fourth-order valence-corrected chi connectivity index (χ4v) is 1.36. The zero-order valence-corrected chi connectivity index (χ0v) is 8.09. The van der Waals surface area contributed by atoms with Crippen molar-refractivity contribution in [3.8, 4) is 0 Å². The van der Waals surface area contributed by atoms with Crippen molar-refractivity contribution in [2.45, 2.75) is 25.7 Å². The molecule has 0 spiro atoms. The van der Waals surface area contributed by atoms with Crippen molar-refractivity contribution >= 4 is 5.97 Å². The lowest BCUT2D eigenvalue weighted by atomic mass is 10.1. The van der Waals surface area contributed by atoms with Crippen LogP contribution in [0.2, 0.25) is 0 Å². The summed E-state index contributed by atoms with van der Waals surface area (Å²) in [6.45, 7) is 1.68. The van der Waals surface area contributed by atoms with Crippen LogP contribution in [0.3, 0.4) is 0 Å². The molecule has 0 bridgehead atoms. The van der Waals surface area contributed by atoms with E-state index in [0.29, 0.717) is 18.4 Å². The molecule has 0 aliphatic heterocycles. The molecule has 1 unspecified atom stereocenters. The summed E-state index contributed by atoms with van der Waals surface area (Å²) in [5.74, 6) is -4.71. The monoisotopic (exact) mass is 207 g/mol. The second-order valence-electron chi connectivity index (χ2n) is 3.96. The number of carboxylic acids is 1. The van der Waals surface area contributed by atoms with E-state index in [4.69, 9.17) is 5.11 Å². The molecule has 3 nitrogen and oxygen atoms in total. The summed E-state index contributed by atoms with van der Waals surface area (Å²) in [5.41, 5.74) is 0. The van der Waals surface area contributed by atoms with Crippen molar-refractivity contribution in [3.05, 3.63) is 0 Å². The second kappa shape index (κ2) is 4.21. The zero-order chi connectivity index (χ0) is 10.8. The molecule has 0 amide bonds. The first-order valence-electron chi connectivity index (χ1n) is 4.75. The fourth-order valence-electron chi connectivity index (χ4n) is 1.36. The molecule has 14 heavy (non-hydrogen) atoms. The van der Waals surface area contributed by atoms with Gasteiger partial charge in [0.2, 0.25) is 0 Å². The summed E-state index contributed by atoms with van der Waals surface area (Å²) in [6.07, 6.45) is 2.33. The first kappa shape index (κ1) is 11.4. The Morgan fingerprint density at radius 2 is 2.21 bits per heavy atom. The van der Waals surface area contributed by atoms with Crippen LogP contribution < -0.4 is 5.32 Å². The molecule has 0 aromatic heterocycles. The largest absolute Gasteiger partial charge is 0.477 e. The van der Waals surface area contributed by atoms with Gasteiger partial charge in [-0.25, -0.2) is 4.79 Å². The third kappa shape index (κ3) is 3.21. The molecule has 5 heteroatoms. The van der Waals surface area contributed by atoms with Crippen molar-refractivity contribution in [2.75, 3.05) is 13.1 Å². The number of hydrogen-bond donors (Lipinski definition) is 2. The molecule has 1 aliphatic rings. The van der Waals surface area contributed by atoms with Crippen LogP contribution in [0.15, 0.2) is 0 Å². The van der Waals surface area contributed by atoms with Gasteiger partial charge < -0.3 is 10.4 Å². The van der Waals surface area contributed by atoms with Crippen molar-refractivity contribution in [1.29, 1.82) is 0 Å². The summed E-state index contributed by atoms with van der Waals surface area (Å²) in [5, 5.41) is 10.6. The Bertz CT molecular complexity index is 217. The van der Waals surface area contributed by atoms with Gasteiger partial charge in [0.15, 0.2) is 0 Å². The second-order valence-corrected chi connectivity index (χ2v) is 3.96. The zero-order valence-electron chi connectivity index (χ0n) is 8.09. The fraction of sp³-hybridized carbons (Fsp3) is 0.889. The van der Waals surface area contributed by atoms with Crippen LogP contribution >= 0.6 is 0 Å².